The SMILES string of the molecule is COc1cc(N2CCC(COc3ncccc3Cl)CC2)ncn1. The fourth-order valence-electron chi connectivity index (χ4n) is 2.62. The molecule has 0 spiro atoms. The van der Waals surface area contributed by atoms with Gasteiger partial charge in [-0.05, 0) is 30.9 Å². The summed E-state index contributed by atoms with van der Waals surface area (Å²) in [7, 11) is 1.61. The van der Waals surface area contributed by atoms with Crippen molar-refractivity contribution in [3.05, 3.63) is 35.7 Å². The molecule has 0 N–H and O–H groups in total. The van der Waals surface area contributed by atoms with Gasteiger partial charge in [0.25, 0.3) is 0 Å². The minimum absolute atomic E-state index is 0.494. The lowest BCUT2D eigenvalue weighted by molar-refractivity contribution is 0.216. The number of piperidine rings is 1. The number of pyridine rings is 1. The van der Waals surface area contributed by atoms with E-state index in [0.717, 1.165) is 31.7 Å². The van der Waals surface area contributed by atoms with E-state index in [4.69, 9.17) is 21.1 Å². The van der Waals surface area contributed by atoms with Crippen LogP contribution in [0.5, 0.6) is 11.8 Å². The van der Waals surface area contributed by atoms with E-state index in [9.17, 15) is 0 Å². The number of rotatable bonds is 5. The number of nitrogens with zero attached hydrogens (tertiary/aromatic N) is 4. The molecule has 0 bridgehead atoms. The first-order valence-electron chi connectivity index (χ1n) is 7.60. The Morgan fingerprint density at radius 3 is 2.83 bits per heavy atom. The van der Waals surface area contributed by atoms with Crippen LogP contribution in [0.25, 0.3) is 0 Å². The quantitative estimate of drug-likeness (QED) is 0.838. The predicted molar refractivity (Wildman–Crippen MR) is 88.3 cm³/mol. The molecule has 0 amide bonds. The van der Waals surface area contributed by atoms with Crippen molar-refractivity contribution >= 4 is 17.4 Å². The van der Waals surface area contributed by atoms with Crippen LogP contribution in [-0.2, 0) is 0 Å². The fourth-order valence-corrected chi connectivity index (χ4v) is 2.79. The molecular weight excluding hydrogens is 316 g/mol. The average Bonchev–Trinajstić information content (AvgIpc) is 2.61. The van der Waals surface area contributed by atoms with Gasteiger partial charge >= 0.3 is 0 Å². The van der Waals surface area contributed by atoms with E-state index in [1.54, 1.807) is 25.4 Å². The lowest BCUT2D eigenvalue weighted by Gasteiger charge is -2.32. The number of hydrogen-bond acceptors (Lipinski definition) is 6. The summed E-state index contributed by atoms with van der Waals surface area (Å²) in [6.07, 6.45) is 5.30. The molecule has 2 aromatic rings. The first kappa shape index (κ1) is 15.8. The zero-order valence-electron chi connectivity index (χ0n) is 13.0. The van der Waals surface area contributed by atoms with E-state index in [1.807, 2.05) is 6.07 Å². The largest absolute Gasteiger partial charge is 0.481 e. The smallest absolute Gasteiger partial charge is 0.232 e. The van der Waals surface area contributed by atoms with Gasteiger partial charge in [0.05, 0.1) is 13.7 Å². The molecule has 0 aliphatic carbocycles. The molecule has 6 nitrogen and oxygen atoms in total. The van der Waals surface area contributed by atoms with Crippen molar-refractivity contribution in [2.24, 2.45) is 5.92 Å². The minimum atomic E-state index is 0.494. The second-order valence-electron chi connectivity index (χ2n) is 5.45. The zero-order valence-corrected chi connectivity index (χ0v) is 13.7. The summed E-state index contributed by atoms with van der Waals surface area (Å²) in [6.45, 7) is 2.51. The topological polar surface area (TPSA) is 60.4 Å². The normalized spacial score (nSPS) is 15.5. The zero-order chi connectivity index (χ0) is 16.1. The highest BCUT2D eigenvalue weighted by atomic mass is 35.5. The standard InChI is InChI=1S/C16H19ClN4O2/c1-22-15-9-14(19-11-20-15)21-7-4-12(5-8-21)10-23-16-13(17)3-2-6-18-16/h2-3,6,9,11-12H,4-5,7-8,10H2,1H3. The van der Waals surface area contributed by atoms with Gasteiger partial charge in [-0.15, -0.1) is 0 Å². The first-order chi connectivity index (χ1) is 11.3. The molecule has 2 aromatic heterocycles. The second kappa shape index (κ2) is 7.46. The van der Waals surface area contributed by atoms with Gasteiger partial charge in [0.15, 0.2) is 0 Å². The number of halogens is 1. The molecule has 122 valence electrons. The summed E-state index contributed by atoms with van der Waals surface area (Å²) >= 11 is 6.05. The van der Waals surface area contributed by atoms with Crippen molar-refractivity contribution in [3.63, 3.8) is 0 Å². The van der Waals surface area contributed by atoms with E-state index in [1.165, 1.54) is 6.33 Å². The van der Waals surface area contributed by atoms with Gasteiger partial charge < -0.3 is 14.4 Å². The molecule has 1 fully saturated rings. The molecule has 3 rings (SSSR count). The van der Waals surface area contributed by atoms with E-state index >= 15 is 0 Å². The van der Waals surface area contributed by atoms with Crippen LogP contribution in [0.1, 0.15) is 12.8 Å². The van der Waals surface area contributed by atoms with Gasteiger partial charge in [-0.25, -0.2) is 15.0 Å². The van der Waals surface area contributed by atoms with Crippen molar-refractivity contribution in [1.82, 2.24) is 15.0 Å². The Bertz CT molecular complexity index is 647. The maximum absolute atomic E-state index is 6.05. The predicted octanol–water partition coefficient (Wildman–Crippen LogP) is 2.83. The van der Waals surface area contributed by atoms with Crippen LogP contribution in [0.4, 0.5) is 5.82 Å². The molecule has 0 saturated carbocycles. The van der Waals surface area contributed by atoms with Crippen LogP contribution in [0, 0.1) is 5.92 Å². The average molecular weight is 335 g/mol. The van der Waals surface area contributed by atoms with Crippen LogP contribution >= 0.6 is 11.6 Å². The molecule has 23 heavy (non-hydrogen) atoms. The third-order valence-electron chi connectivity index (χ3n) is 3.96. The van der Waals surface area contributed by atoms with Gasteiger partial charge in [0, 0.05) is 25.4 Å². The molecule has 1 saturated heterocycles. The Balaban J connectivity index is 1.51. The molecular formula is C16H19ClN4O2. The van der Waals surface area contributed by atoms with E-state index < -0.39 is 0 Å². The summed E-state index contributed by atoms with van der Waals surface area (Å²) < 4.78 is 10.9. The molecule has 0 unspecified atom stereocenters. The Morgan fingerprint density at radius 1 is 1.26 bits per heavy atom. The van der Waals surface area contributed by atoms with Gasteiger partial charge in [0.2, 0.25) is 11.8 Å². The molecule has 1 aliphatic heterocycles. The summed E-state index contributed by atoms with van der Waals surface area (Å²) in [5.74, 6) is 2.50. The molecule has 7 heteroatoms. The van der Waals surface area contributed by atoms with Crippen molar-refractivity contribution in [1.29, 1.82) is 0 Å². The summed E-state index contributed by atoms with van der Waals surface area (Å²) in [6, 6.07) is 5.45. The van der Waals surface area contributed by atoms with E-state index in [-0.39, 0.29) is 0 Å². The molecule has 0 atom stereocenters. The lowest BCUT2D eigenvalue weighted by Crippen LogP contribution is -2.36. The third kappa shape index (κ3) is 4.01. The summed E-state index contributed by atoms with van der Waals surface area (Å²) in [4.78, 5) is 14.8. The Morgan fingerprint density at radius 2 is 2.09 bits per heavy atom. The maximum Gasteiger partial charge on any atom is 0.232 e. The van der Waals surface area contributed by atoms with Crippen LogP contribution in [0.3, 0.4) is 0 Å². The monoisotopic (exact) mass is 334 g/mol. The summed E-state index contributed by atoms with van der Waals surface area (Å²) in [5, 5.41) is 0.554. The van der Waals surface area contributed by atoms with Gasteiger partial charge in [0.1, 0.15) is 17.2 Å². The lowest BCUT2D eigenvalue weighted by atomic mass is 9.98. The Hall–Kier alpha value is -2.08. The minimum Gasteiger partial charge on any atom is -0.481 e. The number of ether oxygens (including phenoxy) is 2. The molecule has 0 aromatic carbocycles. The van der Waals surface area contributed by atoms with Crippen LogP contribution < -0.4 is 14.4 Å². The Labute approximate surface area is 140 Å². The van der Waals surface area contributed by atoms with Gasteiger partial charge in [-0.2, -0.15) is 0 Å². The maximum atomic E-state index is 6.05. The Kier molecular flexibility index (Phi) is 5.12. The van der Waals surface area contributed by atoms with E-state index in [0.29, 0.717) is 29.3 Å². The number of hydrogen-bond donors (Lipinski definition) is 0. The first-order valence-corrected chi connectivity index (χ1v) is 7.98. The highest BCUT2D eigenvalue weighted by Crippen LogP contribution is 2.25. The number of methoxy groups -OCH3 is 1. The van der Waals surface area contributed by atoms with Crippen molar-refractivity contribution in [2.75, 3.05) is 31.7 Å². The van der Waals surface area contributed by atoms with Crippen molar-refractivity contribution in [3.8, 4) is 11.8 Å². The van der Waals surface area contributed by atoms with Crippen LogP contribution in [-0.4, -0.2) is 41.8 Å². The van der Waals surface area contributed by atoms with Gasteiger partial charge in [-0.1, -0.05) is 11.6 Å². The fraction of sp³-hybridized carbons (Fsp3) is 0.438. The van der Waals surface area contributed by atoms with Crippen molar-refractivity contribution in [2.45, 2.75) is 12.8 Å². The number of anilines is 1. The van der Waals surface area contributed by atoms with Crippen LogP contribution in [0.2, 0.25) is 5.02 Å². The van der Waals surface area contributed by atoms with Crippen LogP contribution in [0.15, 0.2) is 30.7 Å². The number of aromatic nitrogens is 3. The van der Waals surface area contributed by atoms with Crippen molar-refractivity contribution < 1.29 is 9.47 Å². The van der Waals surface area contributed by atoms with Gasteiger partial charge in [-0.3, -0.25) is 0 Å². The highest BCUT2D eigenvalue weighted by Gasteiger charge is 2.21. The summed E-state index contributed by atoms with van der Waals surface area (Å²) in [5.41, 5.74) is 0. The molecule has 3 heterocycles. The molecule has 0 radical (unpaired) electrons. The molecule has 1 aliphatic rings. The van der Waals surface area contributed by atoms with E-state index in [2.05, 4.69) is 19.9 Å². The highest BCUT2D eigenvalue weighted by molar-refractivity contribution is 6.31. The third-order valence-corrected chi connectivity index (χ3v) is 4.24. The second-order valence-corrected chi connectivity index (χ2v) is 5.86.